The summed E-state index contributed by atoms with van der Waals surface area (Å²) in [5.74, 6) is 1.15. The second-order valence-corrected chi connectivity index (χ2v) is 6.97. The minimum Gasteiger partial charge on any atom is -0.374 e. The van der Waals surface area contributed by atoms with E-state index in [4.69, 9.17) is 4.74 Å². The highest BCUT2D eigenvalue weighted by molar-refractivity contribution is 5.76. The maximum atomic E-state index is 12.4. The Morgan fingerprint density at radius 2 is 1.95 bits per heavy atom. The quantitative estimate of drug-likeness (QED) is 0.755. The Balaban J connectivity index is 1.68. The summed E-state index contributed by atoms with van der Waals surface area (Å²) in [7, 11) is 4.16. The van der Waals surface area contributed by atoms with Gasteiger partial charge in [-0.3, -0.25) is 4.79 Å². The fourth-order valence-corrected chi connectivity index (χ4v) is 3.48. The van der Waals surface area contributed by atoms with Gasteiger partial charge in [-0.25, -0.2) is 0 Å². The van der Waals surface area contributed by atoms with Gasteiger partial charge < -0.3 is 14.5 Å². The smallest absolute Gasteiger partial charge is 0.222 e. The molecular weight excluding hydrogens is 264 g/mol. The fourth-order valence-electron chi connectivity index (χ4n) is 3.48. The van der Waals surface area contributed by atoms with E-state index in [1.807, 2.05) is 4.90 Å². The first kappa shape index (κ1) is 16.8. The number of morpholine rings is 1. The predicted octanol–water partition coefficient (Wildman–Crippen LogP) is 2.53. The zero-order valence-electron chi connectivity index (χ0n) is 13.9. The SMILES string of the molecule is CN(C)CC[C@@H]1CN(C(=O)CCC2CCCCC2)CCO1. The summed E-state index contributed by atoms with van der Waals surface area (Å²) >= 11 is 0. The summed E-state index contributed by atoms with van der Waals surface area (Å²) in [6.07, 6.45) is 9.86. The van der Waals surface area contributed by atoms with Gasteiger partial charge in [0.05, 0.1) is 12.7 Å². The van der Waals surface area contributed by atoms with Crippen molar-refractivity contribution in [3.63, 3.8) is 0 Å². The highest BCUT2D eigenvalue weighted by Crippen LogP contribution is 2.27. The largest absolute Gasteiger partial charge is 0.374 e. The predicted molar refractivity (Wildman–Crippen MR) is 85.3 cm³/mol. The van der Waals surface area contributed by atoms with E-state index in [-0.39, 0.29) is 6.10 Å². The number of hydrogen-bond acceptors (Lipinski definition) is 3. The normalized spacial score (nSPS) is 24.5. The summed E-state index contributed by atoms with van der Waals surface area (Å²) < 4.78 is 5.78. The van der Waals surface area contributed by atoms with Crippen molar-refractivity contribution < 1.29 is 9.53 Å². The van der Waals surface area contributed by atoms with Gasteiger partial charge in [-0.15, -0.1) is 0 Å². The molecule has 1 amide bonds. The third-order valence-corrected chi connectivity index (χ3v) is 4.88. The van der Waals surface area contributed by atoms with E-state index in [0.29, 0.717) is 12.5 Å². The third kappa shape index (κ3) is 5.95. The molecule has 1 saturated heterocycles. The Bertz CT molecular complexity index is 314. The van der Waals surface area contributed by atoms with Gasteiger partial charge in [0.1, 0.15) is 0 Å². The standard InChI is InChI=1S/C17H32N2O2/c1-18(2)11-10-16-14-19(12-13-21-16)17(20)9-8-15-6-4-3-5-7-15/h15-16H,3-14H2,1-2H3/t16-/m1/s1. The first-order valence-corrected chi connectivity index (χ1v) is 8.69. The summed E-state index contributed by atoms with van der Waals surface area (Å²) in [6, 6.07) is 0. The van der Waals surface area contributed by atoms with Crippen LogP contribution in [0.5, 0.6) is 0 Å². The van der Waals surface area contributed by atoms with E-state index in [9.17, 15) is 4.79 Å². The molecule has 4 nitrogen and oxygen atoms in total. The minimum atomic E-state index is 0.222. The highest BCUT2D eigenvalue weighted by Gasteiger charge is 2.24. The van der Waals surface area contributed by atoms with Crippen LogP contribution in [0.25, 0.3) is 0 Å². The lowest BCUT2D eigenvalue weighted by Crippen LogP contribution is -2.46. The Labute approximate surface area is 129 Å². The van der Waals surface area contributed by atoms with Crippen molar-refractivity contribution in [1.82, 2.24) is 9.80 Å². The number of rotatable bonds is 6. The molecule has 1 aliphatic carbocycles. The van der Waals surface area contributed by atoms with Gasteiger partial charge >= 0.3 is 0 Å². The molecule has 1 aliphatic heterocycles. The molecule has 1 saturated carbocycles. The topological polar surface area (TPSA) is 32.8 Å². The van der Waals surface area contributed by atoms with E-state index in [0.717, 1.165) is 44.8 Å². The lowest BCUT2D eigenvalue weighted by atomic mass is 9.86. The maximum absolute atomic E-state index is 12.4. The second kappa shape index (κ2) is 8.74. The molecule has 0 N–H and O–H groups in total. The van der Waals surface area contributed by atoms with Gasteiger partial charge in [-0.2, -0.15) is 0 Å². The van der Waals surface area contributed by atoms with E-state index in [2.05, 4.69) is 19.0 Å². The van der Waals surface area contributed by atoms with Crippen LogP contribution >= 0.6 is 0 Å². The summed E-state index contributed by atoms with van der Waals surface area (Å²) in [5.41, 5.74) is 0. The van der Waals surface area contributed by atoms with E-state index >= 15 is 0 Å². The minimum absolute atomic E-state index is 0.222. The fraction of sp³-hybridized carbons (Fsp3) is 0.941. The van der Waals surface area contributed by atoms with Crippen LogP contribution in [0, 0.1) is 5.92 Å². The number of hydrogen-bond donors (Lipinski definition) is 0. The van der Waals surface area contributed by atoms with Crippen molar-refractivity contribution in [3.05, 3.63) is 0 Å². The van der Waals surface area contributed by atoms with Crippen LogP contribution in [0.15, 0.2) is 0 Å². The van der Waals surface area contributed by atoms with Gasteiger partial charge in [0.15, 0.2) is 0 Å². The molecule has 1 atom stereocenters. The van der Waals surface area contributed by atoms with E-state index in [1.165, 1.54) is 32.1 Å². The average molecular weight is 296 g/mol. The van der Waals surface area contributed by atoms with Crippen LogP contribution in [0.4, 0.5) is 0 Å². The number of carbonyl (C=O) groups excluding carboxylic acids is 1. The molecule has 0 unspecified atom stereocenters. The first-order valence-electron chi connectivity index (χ1n) is 8.69. The Morgan fingerprint density at radius 1 is 1.19 bits per heavy atom. The van der Waals surface area contributed by atoms with Crippen molar-refractivity contribution in [2.75, 3.05) is 40.3 Å². The second-order valence-electron chi connectivity index (χ2n) is 6.97. The zero-order chi connectivity index (χ0) is 15.1. The molecule has 21 heavy (non-hydrogen) atoms. The summed E-state index contributed by atoms with van der Waals surface area (Å²) in [4.78, 5) is 16.6. The van der Waals surface area contributed by atoms with Gasteiger partial charge in [0.2, 0.25) is 5.91 Å². The molecule has 2 fully saturated rings. The molecule has 2 aliphatic rings. The Kier molecular flexibility index (Phi) is 6.97. The maximum Gasteiger partial charge on any atom is 0.222 e. The van der Waals surface area contributed by atoms with Crippen molar-refractivity contribution in [3.8, 4) is 0 Å². The lowest BCUT2D eigenvalue weighted by molar-refractivity contribution is -0.139. The molecule has 0 bridgehead atoms. The monoisotopic (exact) mass is 296 g/mol. The van der Waals surface area contributed by atoms with Crippen LogP contribution in [0.1, 0.15) is 51.4 Å². The molecule has 0 aromatic heterocycles. The molecule has 0 radical (unpaired) electrons. The molecule has 0 aromatic carbocycles. The van der Waals surface area contributed by atoms with Crippen LogP contribution in [-0.2, 0) is 9.53 Å². The van der Waals surface area contributed by atoms with E-state index in [1.54, 1.807) is 0 Å². The third-order valence-electron chi connectivity index (χ3n) is 4.88. The van der Waals surface area contributed by atoms with Crippen molar-refractivity contribution in [2.45, 2.75) is 57.5 Å². The van der Waals surface area contributed by atoms with Crippen molar-refractivity contribution >= 4 is 5.91 Å². The number of nitrogens with zero attached hydrogens (tertiary/aromatic N) is 2. The average Bonchev–Trinajstić information content (AvgIpc) is 2.52. The Morgan fingerprint density at radius 3 is 2.67 bits per heavy atom. The van der Waals surface area contributed by atoms with E-state index < -0.39 is 0 Å². The zero-order valence-corrected chi connectivity index (χ0v) is 13.9. The Hall–Kier alpha value is -0.610. The van der Waals surface area contributed by atoms with Crippen LogP contribution in [0.2, 0.25) is 0 Å². The highest BCUT2D eigenvalue weighted by atomic mass is 16.5. The molecular formula is C17H32N2O2. The number of ether oxygens (including phenoxy) is 1. The lowest BCUT2D eigenvalue weighted by Gasteiger charge is -2.34. The number of amides is 1. The summed E-state index contributed by atoms with van der Waals surface area (Å²) in [6.45, 7) is 3.29. The van der Waals surface area contributed by atoms with Crippen LogP contribution < -0.4 is 0 Å². The van der Waals surface area contributed by atoms with Gasteiger partial charge in [0.25, 0.3) is 0 Å². The molecule has 0 aromatic rings. The molecule has 1 heterocycles. The summed E-state index contributed by atoms with van der Waals surface area (Å²) in [5, 5.41) is 0. The molecule has 4 heteroatoms. The molecule has 122 valence electrons. The van der Waals surface area contributed by atoms with Gasteiger partial charge in [0, 0.05) is 26.1 Å². The first-order chi connectivity index (χ1) is 10.1. The molecule has 2 rings (SSSR count). The van der Waals surface area contributed by atoms with Crippen LogP contribution in [-0.4, -0.2) is 62.1 Å². The number of carbonyl (C=O) groups is 1. The van der Waals surface area contributed by atoms with Gasteiger partial charge in [-0.1, -0.05) is 32.1 Å². The van der Waals surface area contributed by atoms with Gasteiger partial charge in [-0.05, 0) is 32.9 Å². The van der Waals surface area contributed by atoms with Crippen molar-refractivity contribution in [2.24, 2.45) is 5.92 Å². The van der Waals surface area contributed by atoms with Crippen molar-refractivity contribution in [1.29, 1.82) is 0 Å². The molecule has 0 spiro atoms. The van der Waals surface area contributed by atoms with Crippen LogP contribution in [0.3, 0.4) is 0 Å².